The summed E-state index contributed by atoms with van der Waals surface area (Å²) >= 11 is 0. The fourth-order valence-electron chi connectivity index (χ4n) is 3.70. The summed E-state index contributed by atoms with van der Waals surface area (Å²) in [5, 5.41) is 4.23. The summed E-state index contributed by atoms with van der Waals surface area (Å²) in [6.45, 7) is 1.41. The minimum atomic E-state index is -0.0143. The number of carbonyl (C=O) groups excluding carboxylic acids is 1. The van der Waals surface area contributed by atoms with E-state index in [4.69, 9.17) is 4.98 Å². The van der Waals surface area contributed by atoms with Crippen LogP contribution in [0, 0.1) is 0 Å². The number of carbonyl (C=O) groups is 1. The van der Waals surface area contributed by atoms with Gasteiger partial charge in [-0.05, 0) is 31.0 Å². The molecular formula is C19H18N6O. The largest absolute Gasteiger partial charge is 0.342 e. The van der Waals surface area contributed by atoms with Crippen LogP contribution in [0.25, 0.3) is 16.7 Å². The van der Waals surface area contributed by atoms with Crippen LogP contribution in [0.3, 0.4) is 0 Å². The lowest BCUT2D eigenvalue weighted by Gasteiger charge is -2.31. The fourth-order valence-corrected chi connectivity index (χ4v) is 3.70. The number of benzene rings is 1. The second kappa shape index (κ2) is 5.94. The molecule has 7 nitrogen and oxygen atoms in total. The van der Waals surface area contributed by atoms with Gasteiger partial charge in [-0.1, -0.05) is 12.1 Å². The molecule has 1 fully saturated rings. The predicted molar refractivity (Wildman–Crippen MR) is 97.0 cm³/mol. The summed E-state index contributed by atoms with van der Waals surface area (Å²) in [7, 11) is 0. The summed E-state index contributed by atoms with van der Waals surface area (Å²) in [6.07, 6.45) is 7.07. The van der Waals surface area contributed by atoms with Gasteiger partial charge in [0, 0.05) is 31.4 Å². The minimum absolute atomic E-state index is 0.0143. The van der Waals surface area contributed by atoms with Gasteiger partial charge < -0.3 is 9.88 Å². The number of piperidine rings is 1. The van der Waals surface area contributed by atoms with Gasteiger partial charge in [0.25, 0.3) is 5.91 Å². The minimum Gasteiger partial charge on any atom is -0.342 e. The Labute approximate surface area is 149 Å². The van der Waals surface area contributed by atoms with Crippen LogP contribution < -0.4 is 0 Å². The molecule has 0 unspecified atom stereocenters. The fraction of sp³-hybridized carbons (Fsp3) is 0.263. The predicted octanol–water partition coefficient (Wildman–Crippen LogP) is 2.63. The number of hydrogen-bond acceptors (Lipinski definition) is 4. The van der Waals surface area contributed by atoms with Crippen LogP contribution in [0.2, 0.25) is 0 Å². The summed E-state index contributed by atoms with van der Waals surface area (Å²) in [4.78, 5) is 27.4. The van der Waals surface area contributed by atoms with Crippen LogP contribution >= 0.6 is 0 Å². The van der Waals surface area contributed by atoms with Crippen molar-refractivity contribution in [2.24, 2.45) is 0 Å². The number of nitrogens with one attached hydrogen (secondary N) is 1. The van der Waals surface area contributed by atoms with Crippen LogP contribution in [0.4, 0.5) is 0 Å². The van der Waals surface area contributed by atoms with E-state index >= 15 is 0 Å². The van der Waals surface area contributed by atoms with E-state index in [2.05, 4.69) is 15.1 Å². The molecule has 0 spiro atoms. The van der Waals surface area contributed by atoms with Crippen molar-refractivity contribution in [1.82, 2.24) is 29.5 Å². The number of H-pyrrole nitrogens is 1. The molecule has 1 N–H and O–H groups in total. The van der Waals surface area contributed by atoms with Crippen LogP contribution in [-0.4, -0.2) is 48.5 Å². The average Bonchev–Trinajstić information content (AvgIpc) is 3.32. The molecule has 1 amide bonds. The monoisotopic (exact) mass is 346 g/mol. The zero-order valence-electron chi connectivity index (χ0n) is 14.2. The highest BCUT2D eigenvalue weighted by Crippen LogP contribution is 2.28. The summed E-state index contributed by atoms with van der Waals surface area (Å²) < 4.78 is 1.63. The quantitative estimate of drug-likeness (QED) is 0.605. The van der Waals surface area contributed by atoms with Gasteiger partial charge >= 0.3 is 0 Å². The SMILES string of the molecule is O=C(c1cnn2cccnc12)N1CCC[C@H](c2nc3ccccc3[nH]2)C1. The number of likely N-dealkylation sites (tertiary alicyclic amines) is 1. The molecule has 5 rings (SSSR count). The van der Waals surface area contributed by atoms with E-state index in [1.165, 1.54) is 0 Å². The summed E-state index contributed by atoms with van der Waals surface area (Å²) in [5.74, 6) is 1.16. The second-order valence-corrected chi connectivity index (χ2v) is 6.68. The normalized spacial score (nSPS) is 17.8. The Balaban J connectivity index is 1.42. The first-order valence-electron chi connectivity index (χ1n) is 8.82. The van der Waals surface area contributed by atoms with Crippen LogP contribution in [0.1, 0.15) is 34.9 Å². The highest BCUT2D eigenvalue weighted by Gasteiger charge is 2.29. The number of aromatic nitrogens is 5. The van der Waals surface area contributed by atoms with Gasteiger partial charge in [0.15, 0.2) is 5.65 Å². The Bertz CT molecular complexity index is 1060. The third kappa shape index (κ3) is 2.44. The Kier molecular flexibility index (Phi) is 3.44. The van der Waals surface area contributed by atoms with Crippen molar-refractivity contribution >= 4 is 22.6 Å². The molecule has 0 radical (unpaired) electrons. The Hall–Kier alpha value is -3.22. The van der Waals surface area contributed by atoms with Crippen molar-refractivity contribution in [3.8, 4) is 0 Å². The van der Waals surface area contributed by atoms with Crippen molar-refractivity contribution in [3.63, 3.8) is 0 Å². The van der Waals surface area contributed by atoms with Gasteiger partial charge in [-0.15, -0.1) is 0 Å². The first-order valence-corrected chi connectivity index (χ1v) is 8.82. The van der Waals surface area contributed by atoms with Crippen molar-refractivity contribution in [2.75, 3.05) is 13.1 Å². The van der Waals surface area contributed by atoms with Gasteiger partial charge in [-0.2, -0.15) is 5.10 Å². The van der Waals surface area contributed by atoms with Crippen molar-refractivity contribution in [2.45, 2.75) is 18.8 Å². The number of para-hydroxylation sites is 2. The Morgan fingerprint density at radius 2 is 2.15 bits per heavy atom. The van der Waals surface area contributed by atoms with E-state index < -0.39 is 0 Å². The van der Waals surface area contributed by atoms with Gasteiger partial charge in [0.1, 0.15) is 11.4 Å². The zero-order valence-corrected chi connectivity index (χ0v) is 14.2. The van der Waals surface area contributed by atoms with E-state index in [1.54, 1.807) is 29.2 Å². The Morgan fingerprint density at radius 1 is 1.23 bits per heavy atom. The first kappa shape index (κ1) is 15.1. The maximum absolute atomic E-state index is 13.0. The molecule has 3 aromatic heterocycles. The molecule has 4 heterocycles. The molecule has 1 atom stereocenters. The number of nitrogens with zero attached hydrogens (tertiary/aromatic N) is 5. The van der Waals surface area contributed by atoms with Crippen molar-refractivity contribution in [1.29, 1.82) is 0 Å². The maximum atomic E-state index is 13.0. The highest BCUT2D eigenvalue weighted by atomic mass is 16.2. The maximum Gasteiger partial charge on any atom is 0.259 e. The lowest BCUT2D eigenvalue weighted by molar-refractivity contribution is 0.0706. The van der Waals surface area contributed by atoms with Crippen molar-refractivity contribution < 1.29 is 4.79 Å². The first-order chi connectivity index (χ1) is 12.8. The van der Waals surface area contributed by atoms with E-state index in [0.717, 1.165) is 36.2 Å². The number of imidazole rings is 1. The molecule has 130 valence electrons. The van der Waals surface area contributed by atoms with Crippen molar-refractivity contribution in [3.05, 3.63) is 60.3 Å². The molecule has 0 aliphatic carbocycles. The molecule has 26 heavy (non-hydrogen) atoms. The molecular weight excluding hydrogens is 328 g/mol. The van der Waals surface area contributed by atoms with Gasteiger partial charge in [0.05, 0.1) is 17.2 Å². The average molecular weight is 346 g/mol. The lowest BCUT2D eigenvalue weighted by Crippen LogP contribution is -2.39. The number of fused-ring (bicyclic) bond motifs is 2. The molecule has 1 aliphatic heterocycles. The third-order valence-electron chi connectivity index (χ3n) is 5.01. The van der Waals surface area contributed by atoms with Crippen LogP contribution in [-0.2, 0) is 0 Å². The third-order valence-corrected chi connectivity index (χ3v) is 5.01. The van der Waals surface area contributed by atoms with E-state index in [-0.39, 0.29) is 11.8 Å². The number of aromatic amines is 1. The molecule has 0 bridgehead atoms. The summed E-state index contributed by atoms with van der Waals surface area (Å²) in [6, 6.07) is 9.82. The van der Waals surface area contributed by atoms with Crippen LogP contribution in [0.15, 0.2) is 48.9 Å². The van der Waals surface area contributed by atoms with Crippen LogP contribution in [0.5, 0.6) is 0 Å². The molecule has 1 aromatic carbocycles. The second-order valence-electron chi connectivity index (χ2n) is 6.68. The smallest absolute Gasteiger partial charge is 0.259 e. The number of amides is 1. The van der Waals surface area contributed by atoms with E-state index in [9.17, 15) is 4.79 Å². The molecule has 1 saturated heterocycles. The summed E-state index contributed by atoms with van der Waals surface area (Å²) in [5.41, 5.74) is 3.16. The molecule has 4 aromatic rings. The molecule has 7 heteroatoms. The van der Waals surface area contributed by atoms with Gasteiger partial charge in [0.2, 0.25) is 0 Å². The number of hydrogen-bond donors (Lipinski definition) is 1. The van der Waals surface area contributed by atoms with Gasteiger partial charge in [-0.25, -0.2) is 14.5 Å². The highest BCUT2D eigenvalue weighted by molar-refractivity contribution is 5.99. The standard InChI is InChI=1S/C19H18N6O/c26-19(14-11-21-25-10-4-8-20-18(14)25)24-9-3-5-13(12-24)17-22-15-6-1-2-7-16(15)23-17/h1-2,4,6-8,10-11,13H,3,5,9,12H2,(H,22,23)/t13-/m0/s1. The Morgan fingerprint density at radius 3 is 3.08 bits per heavy atom. The van der Waals surface area contributed by atoms with E-state index in [0.29, 0.717) is 17.8 Å². The topological polar surface area (TPSA) is 79.2 Å². The lowest BCUT2D eigenvalue weighted by atomic mass is 9.97. The molecule has 1 aliphatic rings. The molecule has 0 saturated carbocycles. The van der Waals surface area contributed by atoms with Gasteiger partial charge in [-0.3, -0.25) is 4.79 Å². The van der Waals surface area contributed by atoms with E-state index in [1.807, 2.05) is 29.2 Å². The zero-order chi connectivity index (χ0) is 17.5. The number of rotatable bonds is 2.